The van der Waals surface area contributed by atoms with Gasteiger partial charge in [-0.1, -0.05) is 84.9 Å². The molecule has 1 aliphatic carbocycles. The number of hydrogen-bond acceptors (Lipinski definition) is 2. The van der Waals surface area contributed by atoms with Crippen molar-refractivity contribution in [2.24, 2.45) is 11.8 Å². The summed E-state index contributed by atoms with van der Waals surface area (Å²) in [5.74, 6) is -1.00. The van der Waals surface area contributed by atoms with Gasteiger partial charge in [0.15, 0.2) is 0 Å². The Morgan fingerprint density at radius 3 is 1.93 bits per heavy atom. The van der Waals surface area contributed by atoms with Crippen molar-refractivity contribution in [3.8, 4) is 0 Å². The summed E-state index contributed by atoms with van der Waals surface area (Å²) in [5, 5.41) is 0. The van der Waals surface area contributed by atoms with Crippen molar-refractivity contribution >= 4 is 23.1 Å². The van der Waals surface area contributed by atoms with Crippen molar-refractivity contribution in [3.63, 3.8) is 0 Å². The maximum absolute atomic E-state index is 13.5. The largest absolute Gasteiger partial charge is 0.274 e. The molecule has 2 amide bonds. The Morgan fingerprint density at radius 2 is 1.28 bits per heavy atom. The van der Waals surface area contributed by atoms with E-state index < -0.39 is 0 Å². The van der Waals surface area contributed by atoms with Crippen LogP contribution < -0.4 is 4.90 Å². The minimum Gasteiger partial charge on any atom is -0.274 e. The first kappa shape index (κ1) is 17.6. The zero-order valence-electron chi connectivity index (χ0n) is 15.9. The lowest BCUT2D eigenvalue weighted by atomic mass is 9.70. The topological polar surface area (TPSA) is 37.4 Å². The molecule has 0 saturated carbocycles. The van der Waals surface area contributed by atoms with E-state index in [4.69, 9.17) is 0 Å². The van der Waals surface area contributed by atoms with Crippen LogP contribution in [0.4, 0.5) is 5.69 Å². The average Bonchev–Trinajstić information content (AvgIpc) is 3.05. The minimum atomic E-state index is -0.363. The number of anilines is 1. The fraction of sp³-hybridized carbons (Fsp3) is 0.154. The fourth-order valence-electron chi connectivity index (χ4n) is 4.67. The maximum atomic E-state index is 13.5. The molecule has 0 radical (unpaired) electrons. The van der Waals surface area contributed by atoms with Crippen molar-refractivity contribution in [1.29, 1.82) is 0 Å². The summed E-state index contributed by atoms with van der Waals surface area (Å²) in [6.45, 7) is 0. The number of amides is 2. The number of hydrogen-bond donors (Lipinski definition) is 0. The molecule has 0 bridgehead atoms. The molecule has 0 N–H and O–H groups in total. The molecule has 1 aliphatic heterocycles. The summed E-state index contributed by atoms with van der Waals surface area (Å²) >= 11 is 0. The molecule has 3 aromatic rings. The number of imide groups is 1. The van der Waals surface area contributed by atoms with Gasteiger partial charge in [-0.2, -0.15) is 0 Å². The Hall–Kier alpha value is -3.46. The summed E-state index contributed by atoms with van der Waals surface area (Å²) in [6, 6.07) is 29.5. The normalized spacial score (nSPS) is 23.7. The highest BCUT2D eigenvalue weighted by Gasteiger charge is 2.53. The van der Waals surface area contributed by atoms with Crippen molar-refractivity contribution in [2.75, 3.05) is 4.90 Å². The van der Waals surface area contributed by atoms with Crippen LogP contribution in [0.5, 0.6) is 0 Å². The molecular formula is C26H21NO2. The summed E-state index contributed by atoms with van der Waals surface area (Å²) in [7, 11) is 0. The van der Waals surface area contributed by atoms with Gasteiger partial charge < -0.3 is 0 Å². The van der Waals surface area contributed by atoms with Gasteiger partial charge in [0.2, 0.25) is 11.8 Å². The molecule has 3 heteroatoms. The maximum Gasteiger partial charge on any atom is 0.238 e. The zero-order chi connectivity index (χ0) is 19.8. The van der Waals surface area contributed by atoms with Crippen LogP contribution in [0.25, 0.3) is 5.57 Å². The second-order valence-corrected chi connectivity index (χ2v) is 7.68. The monoisotopic (exact) mass is 379 g/mol. The number of carbonyl (C=O) groups is 2. The van der Waals surface area contributed by atoms with Crippen molar-refractivity contribution in [1.82, 2.24) is 0 Å². The molecule has 2 aliphatic rings. The molecule has 1 fully saturated rings. The summed E-state index contributed by atoms with van der Waals surface area (Å²) in [4.78, 5) is 28.2. The van der Waals surface area contributed by atoms with Crippen molar-refractivity contribution in [3.05, 3.63) is 108 Å². The van der Waals surface area contributed by atoms with Gasteiger partial charge in [0.25, 0.3) is 0 Å². The van der Waals surface area contributed by atoms with E-state index in [0.29, 0.717) is 12.1 Å². The molecule has 0 aromatic heterocycles. The van der Waals surface area contributed by atoms with Crippen LogP contribution in [0.15, 0.2) is 97.1 Å². The van der Waals surface area contributed by atoms with E-state index in [1.54, 1.807) is 0 Å². The smallest absolute Gasteiger partial charge is 0.238 e. The number of fused-ring (bicyclic) bond motifs is 1. The first-order valence-electron chi connectivity index (χ1n) is 9.98. The van der Waals surface area contributed by atoms with Crippen LogP contribution in [-0.2, 0) is 9.59 Å². The third-order valence-corrected chi connectivity index (χ3v) is 6.03. The van der Waals surface area contributed by atoms with E-state index in [1.807, 2.05) is 66.7 Å². The molecule has 1 saturated heterocycles. The second kappa shape index (κ2) is 7.17. The van der Waals surface area contributed by atoms with Crippen LogP contribution in [0.1, 0.15) is 23.5 Å². The molecule has 3 atom stereocenters. The molecular weight excluding hydrogens is 358 g/mol. The van der Waals surface area contributed by atoms with Crippen LogP contribution in [0.3, 0.4) is 0 Å². The number of carbonyl (C=O) groups excluding carboxylic acids is 2. The van der Waals surface area contributed by atoms with Crippen LogP contribution in [0, 0.1) is 11.8 Å². The Morgan fingerprint density at radius 1 is 0.690 bits per heavy atom. The molecule has 1 heterocycles. The van der Waals surface area contributed by atoms with E-state index in [9.17, 15) is 9.59 Å². The van der Waals surface area contributed by atoms with Gasteiger partial charge in [-0.05, 0) is 35.3 Å². The van der Waals surface area contributed by atoms with Gasteiger partial charge >= 0.3 is 0 Å². The van der Waals surface area contributed by atoms with E-state index >= 15 is 0 Å². The predicted molar refractivity (Wildman–Crippen MR) is 114 cm³/mol. The lowest BCUT2D eigenvalue weighted by Crippen LogP contribution is -2.31. The molecule has 142 valence electrons. The lowest BCUT2D eigenvalue weighted by Gasteiger charge is -2.30. The van der Waals surface area contributed by atoms with Crippen LogP contribution in [0.2, 0.25) is 0 Å². The van der Waals surface area contributed by atoms with Gasteiger partial charge in [-0.3, -0.25) is 14.5 Å². The van der Waals surface area contributed by atoms with E-state index in [1.165, 1.54) is 4.90 Å². The Labute approximate surface area is 170 Å². The van der Waals surface area contributed by atoms with Gasteiger partial charge in [0.1, 0.15) is 0 Å². The number of rotatable bonds is 3. The highest BCUT2D eigenvalue weighted by molar-refractivity contribution is 6.23. The standard InChI is InChI=1S/C26H21NO2/c28-25-23-17-20(18-10-4-1-5-11-18)16-22(19-12-6-2-7-13-19)24(23)26(29)27(25)21-14-8-3-9-15-21/h1-16,22-24H,17H2/t22-,23-,24+/m0/s1. The van der Waals surface area contributed by atoms with Gasteiger partial charge in [-0.15, -0.1) is 0 Å². The van der Waals surface area contributed by atoms with Crippen LogP contribution >= 0.6 is 0 Å². The second-order valence-electron chi connectivity index (χ2n) is 7.68. The fourth-order valence-corrected chi connectivity index (χ4v) is 4.67. The first-order valence-corrected chi connectivity index (χ1v) is 9.98. The molecule has 0 spiro atoms. The van der Waals surface area contributed by atoms with Crippen molar-refractivity contribution in [2.45, 2.75) is 12.3 Å². The molecule has 3 nitrogen and oxygen atoms in total. The first-order chi connectivity index (χ1) is 14.2. The Bertz CT molecular complexity index is 1070. The van der Waals surface area contributed by atoms with Gasteiger partial charge in [0, 0.05) is 5.92 Å². The number of nitrogens with zero attached hydrogens (tertiary/aromatic N) is 1. The Balaban J connectivity index is 1.61. The average molecular weight is 379 g/mol. The van der Waals surface area contributed by atoms with Crippen molar-refractivity contribution < 1.29 is 9.59 Å². The van der Waals surface area contributed by atoms with Crippen LogP contribution in [-0.4, -0.2) is 11.8 Å². The lowest BCUT2D eigenvalue weighted by molar-refractivity contribution is -0.122. The Kier molecular flexibility index (Phi) is 4.36. The summed E-state index contributed by atoms with van der Waals surface area (Å²) < 4.78 is 0. The molecule has 5 rings (SSSR count). The minimum absolute atomic E-state index is 0.0892. The summed E-state index contributed by atoms with van der Waals surface area (Å²) in [6.07, 6.45) is 2.79. The van der Waals surface area contributed by atoms with Gasteiger partial charge in [0.05, 0.1) is 17.5 Å². The quantitative estimate of drug-likeness (QED) is 0.596. The summed E-state index contributed by atoms with van der Waals surface area (Å²) in [5.41, 5.74) is 3.98. The number of benzene rings is 3. The highest BCUT2D eigenvalue weighted by atomic mass is 16.2. The molecule has 3 aromatic carbocycles. The van der Waals surface area contributed by atoms with E-state index in [2.05, 4.69) is 30.3 Å². The number of allylic oxidation sites excluding steroid dienone is 2. The predicted octanol–water partition coefficient (Wildman–Crippen LogP) is 5.06. The van der Waals surface area contributed by atoms with E-state index in [-0.39, 0.29) is 29.6 Å². The SMILES string of the molecule is O=C1[C@H]2[C@H](CC(c3ccccc3)=C[C@H]2c2ccccc2)C(=O)N1c1ccccc1. The van der Waals surface area contributed by atoms with Gasteiger partial charge in [-0.25, -0.2) is 0 Å². The van der Waals surface area contributed by atoms with E-state index in [0.717, 1.165) is 16.7 Å². The molecule has 29 heavy (non-hydrogen) atoms. The third-order valence-electron chi connectivity index (χ3n) is 6.03. The zero-order valence-corrected chi connectivity index (χ0v) is 15.9. The third kappa shape index (κ3) is 2.99. The highest BCUT2D eigenvalue weighted by Crippen LogP contribution is 2.48. The number of para-hydroxylation sites is 1. The molecule has 0 unspecified atom stereocenters.